The summed E-state index contributed by atoms with van der Waals surface area (Å²) in [7, 11) is 4.12. The molecule has 4 heteroatoms. The molecule has 0 bridgehead atoms. The predicted octanol–water partition coefficient (Wildman–Crippen LogP) is 1.51. The highest BCUT2D eigenvalue weighted by molar-refractivity contribution is 5.75. The van der Waals surface area contributed by atoms with Gasteiger partial charge in [0, 0.05) is 13.1 Å². The minimum Gasteiger partial charge on any atom is -0.465 e. The zero-order chi connectivity index (χ0) is 13.5. The molecule has 0 aliphatic heterocycles. The Bertz CT molecular complexity index is 227. The fourth-order valence-electron chi connectivity index (χ4n) is 1.95. The summed E-state index contributed by atoms with van der Waals surface area (Å²) in [5, 5.41) is 3.30. The summed E-state index contributed by atoms with van der Waals surface area (Å²) < 4.78 is 5.03. The summed E-state index contributed by atoms with van der Waals surface area (Å²) >= 11 is 0. The van der Waals surface area contributed by atoms with Gasteiger partial charge in [-0.15, -0.1) is 0 Å². The van der Waals surface area contributed by atoms with Crippen molar-refractivity contribution in [3.8, 4) is 0 Å². The van der Waals surface area contributed by atoms with Crippen molar-refractivity contribution in [2.45, 2.75) is 40.2 Å². The normalized spacial score (nSPS) is 13.8. The minimum absolute atomic E-state index is 0.142. The lowest BCUT2D eigenvalue weighted by molar-refractivity contribution is -0.145. The number of carbonyl (C=O) groups excluding carboxylic acids is 1. The molecule has 1 N–H and O–H groups in total. The molecule has 0 fully saturated rings. The number of rotatable bonds is 8. The van der Waals surface area contributed by atoms with Gasteiger partial charge in [-0.3, -0.25) is 4.79 Å². The maximum Gasteiger partial charge on any atom is 0.323 e. The number of esters is 1. The van der Waals surface area contributed by atoms with Gasteiger partial charge >= 0.3 is 5.97 Å². The summed E-state index contributed by atoms with van der Waals surface area (Å²) in [5.41, 5.74) is 0.142. The van der Waals surface area contributed by atoms with Crippen LogP contribution in [0.3, 0.4) is 0 Å². The molecule has 0 aliphatic carbocycles. The molecule has 1 unspecified atom stereocenters. The van der Waals surface area contributed by atoms with Gasteiger partial charge in [-0.05, 0) is 32.9 Å². The fraction of sp³-hybridized carbons (Fsp3) is 0.923. The molecule has 0 aliphatic rings. The van der Waals surface area contributed by atoms with Gasteiger partial charge in [0.05, 0.1) is 6.61 Å². The SMILES string of the molecule is CCOC(=O)C(CC)NCC(C)(C)CN(C)C. The highest BCUT2D eigenvalue weighted by Gasteiger charge is 2.23. The first-order chi connectivity index (χ1) is 7.82. The van der Waals surface area contributed by atoms with Crippen LogP contribution < -0.4 is 5.32 Å². The standard InChI is InChI=1S/C13H28N2O2/c1-7-11(12(16)17-8-2)14-9-13(3,4)10-15(5)6/h11,14H,7-10H2,1-6H3. The van der Waals surface area contributed by atoms with E-state index in [9.17, 15) is 4.79 Å². The smallest absolute Gasteiger partial charge is 0.323 e. The Kier molecular flexibility index (Phi) is 7.39. The van der Waals surface area contributed by atoms with E-state index in [1.165, 1.54) is 0 Å². The van der Waals surface area contributed by atoms with E-state index in [0.717, 1.165) is 19.5 Å². The van der Waals surface area contributed by atoms with Crippen molar-refractivity contribution < 1.29 is 9.53 Å². The maximum atomic E-state index is 11.6. The highest BCUT2D eigenvalue weighted by atomic mass is 16.5. The van der Waals surface area contributed by atoms with Crippen molar-refractivity contribution in [1.29, 1.82) is 0 Å². The van der Waals surface area contributed by atoms with Crippen LogP contribution in [-0.4, -0.2) is 50.7 Å². The third-order valence-corrected chi connectivity index (χ3v) is 2.55. The van der Waals surface area contributed by atoms with E-state index in [1.807, 2.05) is 13.8 Å². The largest absolute Gasteiger partial charge is 0.465 e. The van der Waals surface area contributed by atoms with Crippen LogP contribution >= 0.6 is 0 Å². The van der Waals surface area contributed by atoms with Gasteiger partial charge in [0.15, 0.2) is 0 Å². The molecule has 0 aromatic carbocycles. The Morgan fingerprint density at radius 1 is 1.35 bits per heavy atom. The molecular weight excluding hydrogens is 216 g/mol. The Morgan fingerprint density at radius 3 is 2.35 bits per heavy atom. The first-order valence-electron chi connectivity index (χ1n) is 6.37. The quantitative estimate of drug-likeness (QED) is 0.657. The van der Waals surface area contributed by atoms with Gasteiger partial charge in [-0.2, -0.15) is 0 Å². The minimum atomic E-state index is -0.184. The van der Waals surface area contributed by atoms with Gasteiger partial charge < -0.3 is 15.0 Å². The first-order valence-corrected chi connectivity index (χ1v) is 6.37. The second-order valence-corrected chi connectivity index (χ2v) is 5.50. The van der Waals surface area contributed by atoms with Gasteiger partial charge in [-0.25, -0.2) is 0 Å². The van der Waals surface area contributed by atoms with Crippen LogP contribution in [-0.2, 0) is 9.53 Å². The molecule has 1 atom stereocenters. The zero-order valence-corrected chi connectivity index (χ0v) is 12.2. The average Bonchev–Trinajstić information content (AvgIpc) is 2.16. The van der Waals surface area contributed by atoms with Crippen LogP contribution in [0.5, 0.6) is 0 Å². The van der Waals surface area contributed by atoms with Gasteiger partial charge in [-0.1, -0.05) is 20.8 Å². The molecule has 0 heterocycles. The van der Waals surface area contributed by atoms with Crippen LogP contribution in [0.1, 0.15) is 34.1 Å². The predicted molar refractivity (Wildman–Crippen MR) is 71.0 cm³/mol. The van der Waals surface area contributed by atoms with Crippen molar-refractivity contribution in [3.63, 3.8) is 0 Å². The van der Waals surface area contributed by atoms with Crippen molar-refractivity contribution in [2.24, 2.45) is 5.41 Å². The summed E-state index contributed by atoms with van der Waals surface area (Å²) in [6.07, 6.45) is 0.761. The molecule has 102 valence electrons. The highest BCUT2D eigenvalue weighted by Crippen LogP contribution is 2.14. The van der Waals surface area contributed by atoms with Crippen LogP contribution in [0.2, 0.25) is 0 Å². The molecule has 17 heavy (non-hydrogen) atoms. The van der Waals surface area contributed by atoms with E-state index in [1.54, 1.807) is 0 Å². The molecule has 0 amide bonds. The molecule has 0 saturated heterocycles. The van der Waals surface area contributed by atoms with E-state index < -0.39 is 0 Å². The number of hydrogen-bond acceptors (Lipinski definition) is 4. The van der Waals surface area contributed by atoms with Crippen LogP contribution in [0.4, 0.5) is 0 Å². The maximum absolute atomic E-state index is 11.6. The lowest BCUT2D eigenvalue weighted by atomic mass is 9.92. The number of ether oxygens (including phenoxy) is 1. The summed E-state index contributed by atoms with van der Waals surface area (Å²) in [6, 6.07) is -0.184. The molecule has 0 aromatic heterocycles. The van der Waals surface area contributed by atoms with Gasteiger partial charge in [0.25, 0.3) is 0 Å². The van der Waals surface area contributed by atoms with Crippen molar-refractivity contribution in [2.75, 3.05) is 33.8 Å². The lowest BCUT2D eigenvalue weighted by Gasteiger charge is -2.30. The van der Waals surface area contributed by atoms with Crippen LogP contribution in [0.15, 0.2) is 0 Å². The molecule has 0 saturated carbocycles. The van der Waals surface area contributed by atoms with E-state index in [2.05, 4.69) is 38.2 Å². The Morgan fingerprint density at radius 2 is 1.94 bits per heavy atom. The summed E-state index contributed by atoms with van der Waals surface area (Å²) in [5.74, 6) is -0.143. The number of nitrogens with zero attached hydrogens (tertiary/aromatic N) is 1. The van der Waals surface area contributed by atoms with Crippen molar-refractivity contribution >= 4 is 5.97 Å². The molecule has 0 spiro atoms. The Labute approximate surface area is 106 Å². The number of hydrogen-bond donors (Lipinski definition) is 1. The molecular formula is C13H28N2O2. The first kappa shape index (κ1) is 16.4. The van der Waals surface area contributed by atoms with Crippen molar-refractivity contribution in [3.05, 3.63) is 0 Å². The van der Waals surface area contributed by atoms with E-state index in [4.69, 9.17) is 4.74 Å². The van der Waals surface area contributed by atoms with E-state index >= 15 is 0 Å². The molecule has 0 radical (unpaired) electrons. The number of carbonyl (C=O) groups is 1. The second-order valence-electron chi connectivity index (χ2n) is 5.50. The lowest BCUT2D eigenvalue weighted by Crippen LogP contribution is -2.45. The number of nitrogens with one attached hydrogen (secondary N) is 1. The topological polar surface area (TPSA) is 41.6 Å². The van der Waals surface area contributed by atoms with Crippen LogP contribution in [0, 0.1) is 5.41 Å². The van der Waals surface area contributed by atoms with E-state index in [0.29, 0.717) is 6.61 Å². The summed E-state index contributed by atoms with van der Waals surface area (Å²) in [4.78, 5) is 13.8. The summed E-state index contributed by atoms with van der Waals surface area (Å²) in [6.45, 7) is 10.4. The molecule has 0 aromatic rings. The average molecular weight is 244 g/mol. The zero-order valence-electron chi connectivity index (χ0n) is 12.2. The third kappa shape index (κ3) is 7.34. The molecule has 4 nitrogen and oxygen atoms in total. The van der Waals surface area contributed by atoms with Crippen LogP contribution in [0.25, 0.3) is 0 Å². The van der Waals surface area contributed by atoms with Crippen molar-refractivity contribution in [1.82, 2.24) is 10.2 Å². The third-order valence-electron chi connectivity index (χ3n) is 2.55. The Hall–Kier alpha value is -0.610. The fourth-order valence-corrected chi connectivity index (χ4v) is 1.95. The second kappa shape index (κ2) is 7.67. The molecule has 0 rings (SSSR count). The Balaban J connectivity index is 4.17. The van der Waals surface area contributed by atoms with Gasteiger partial charge in [0.1, 0.15) is 6.04 Å². The van der Waals surface area contributed by atoms with E-state index in [-0.39, 0.29) is 17.4 Å². The monoisotopic (exact) mass is 244 g/mol. The van der Waals surface area contributed by atoms with Gasteiger partial charge in [0.2, 0.25) is 0 Å².